The van der Waals surface area contributed by atoms with E-state index in [0.29, 0.717) is 6.07 Å². The van der Waals surface area contributed by atoms with Crippen LogP contribution in [0.5, 0.6) is 5.75 Å². The lowest BCUT2D eigenvalue weighted by atomic mass is 10.2. The van der Waals surface area contributed by atoms with Crippen LogP contribution >= 0.6 is 0 Å². The van der Waals surface area contributed by atoms with Crippen LogP contribution < -0.4 is 10.1 Å². The van der Waals surface area contributed by atoms with Crippen LogP contribution in [0, 0.1) is 0 Å². The van der Waals surface area contributed by atoms with E-state index in [1.807, 2.05) is 0 Å². The molecule has 0 unspecified atom stereocenters. The van der Waals surface area contributed by atoms with Gasteiger partial charge in [-0.3, -0.25) is 4.79 Å². The standard InChI is InChI=1S/C10H5F8NO2/c11-8(12,9(13,14)15)7(20)19-5-2-1-3-6(4-5)21-10(16,17)18/h1-4H,(H,19,20). The highest BCUT2D eigenvalue weighted by Crippen LogP contribution is 2.36. The molecule has 0 aromatic heterocycles. The van der Waals surface area contributed by atoms with E-state index in [2.05, 4.69) is 4.74 Å². The summed E-state index contributed by atoms with van der Waals surface area (Å²) in [5.41, 5.74) is -0.717. The summed E-state index contributed by atoms with van der Waals surface area (Å²) >= 11 is 0. The van der Waals surface area contributed by atoms with Crippen LogP contribution in [0.25, 0.3) is 0 Å². The average Bonchev–Trinajstić information content (AvgIpc) is 2.25. The molecule has 1 N–H and O–H groups in total. The predicted molar refractivity (Wildman–Crippen MR) is 52.8 cm³/mol. The van der Waals surface area contributed by atoms with Crippen LogP contribution in [0.4, 0.5) is 40.8 Å². The number of halogens is 8. The van der Waals surface area contributed by atoms with Gasteiger partial charge in [0.15, 0.2) is 0 Å². The zero-order valence-corrected chi connectivity index (χ0v) is 9.65. The third kappa shape index (κ3) is 4.46. The minimum Gasteiger partial charge on any atom is -0.406 e. The molecule has 1 rings (SSSR count). The van der Waals surface area contributed by atoms with E-state index < -0.39 is 35.8 Å². The van der Waals surface area contributed by atoms with Crippen LogP contribution in [-0.4, -0.2) is 24.4 Å². The van der Waals surface area contributed by atoms with Gasteiger partial charge < -0.3 is 10.1 Å². The second-order valence-corrected chi connectivity index (χ2v) is 3.60. The van der Waals surface area contributed by atoms with Crippen molar-refractivity contribution >= 4 is 11.6 Å². The molecule has 1 aromatic carbocycles. The van der Waals surface area contributed by atoms with Crippen molar-refractivity contribution in [3.63, 3.8) is 0 Å². The maximum absolute atomic E-state index is 12.6. The summed E-state index contributed by atoms with van der Waals surface area (Å²) in [7, 11) is 0. The molecule has 0 saturated heterocycles. The van der Waals surface area contributed by atoms with Crippen LogP contribution in [0.2, 0.25) is 0 Å². The molecule has 0 bridgehead atoms. The minimum atomic E-state index is -6.13. The van der Waals surface area contributed by atoms with Crippen molar-refractivity contribution in [1.82, 2.24) is 0 Å². The summed E-state index contributed by atoms with van der Waals surface area (Å²) in [6.45, 7) is 0. The van der Waals surface area contributed by atoms with E-state index in [0.717, 1.165) is 23.5 Å². The molecule has 0 aliphatic carbocycles. The lowest BCUT2D eigenvalue weighted by molar-refractivity contribution is -0.274. The Balaban J connectivity index is 2.90. The maximum Gasteiger partial charge on any atom is 0.573 e. The molecule has 1 amide bonds. The Hall–Kier alpha value is -2.07. The molecule has 0 radical (unpaired) electrons. The molecule has 21 heavy (non-hydrogen) atoms. The van der Waals surface area contributed by atoms with Crippen molar-refractivity contribution in [1.29, 1.82) is 0 Å². The van der Waals surface area contributed by atoms with Gasteiger partial charge in [-0.1, -0.05) is 6.07 Å². The van der Waals surface area contributed by atoms with Gasteiger partial charge >= 0.3 is 24.4 Å². The number of benzene rings is 1. The van der Waals surface area contributed by atoms with Crippen LogP contribution in [-0.2, 0) is 4.79 Å². The van der Waals surface area contributed by atoms with Crippen molar-refractivity contribution in [2.45, 2.75) is 18.5 Å². The molecule has 0 atom stereocenters. The summed E-state index contributed by atoms with van der Waals surface area (Å²) in [5, 5.41) is 1.16. The zero-order valence-electron chi connectivity index (χ0n) is 9.65. The van der Waals surface area contributed by atoms with E-state index in [9.17, 15) is 39.9 Å². The highest BCUT2D eigenvalue weighted by Gasteiger charge is 2.63. The molecule has 0 fully saturated rings. The Labute approximate surface area is 111 Å². The summed E-state index contributed by atoms with van der Waals surface area (Å²) < 4.78 is 100. The molecule has 118 valence electrons. The molecular formula is C10H5F8NO2. The van der Waals surface area contributed by atoms with E-state index in [-0.39, 0.29) is 0 Å². The second-order valence-electron chi connectivity index (χ2n) is 3.60. The molecule has 11 heteroatoms. The van der Waals surface area contributed by atoms with Gasteiger partial charge in [0, 0.05) is 11.8 Å². The van der Waals surface area contributed by atoms with Gasteiger partial charge in [0.1, 0.15) is 5.75 Å². The first-order valence-corrected chi connectivity index (χ1v) is 4.95. The van der Waals surface area contributed by atoms with Crippen molar-refractivity contribution in [2.24, 2.45) is 0 Å². The number of nitrogens with one attached hydrogen (secondary N) is 1. The lowest BCUT2D eigenvalue weighted by Crippen LogP contribution is -2.47. The molecule has 0 aliphatic heterocycles. The molecule has 0 heterocycles. The normalized spacial score (nSPS) is 13.0. The van der Waals surface area contributed by atoms with E-state index in [1.54, 1.807) is 0 Å². The zero-order chi connectivity index (χ0) is 16.5. The lowest BCUT2D eigenvalue weighted by Gasteiger charge is -2.18. The number of carbonyl (C=O) groups is 1. The summed E-state index contributed by atoms with van der Waals surface area (Å²) in [6, 6.07) is 2.89. The van der Waals surface area contributed by atoms with Gasteiger partial charge in [-0.2, -0.15) is 22.0 Å². The number of rotatable bonds is 3. The van der Waals surface area contributed by atoms with E-state index >= 15 is 0 Å². The Morgan fingerprint density at radius 2 is 1.57 bits per heavy atom. The predicted octanol–water partition coefficient (Wildman–Crippen LogP) is 3.72. The fourth-order valence-electron chi connectivity index (χ4n) is 1.11. The van der Waals surface area contributed by atoms with Gasteiger partial charge in [-0.25, -0.2) is 0 Å². The van der Waals surface area contributed by atoms with Crippen LogP contribution in [0.1, 0.15) is 0 Å². The molecular weight excluding hydrogens is 318 g/mol. The maximum atomic E-state index is 12.6. The van der Waals surface area contributed by atoms with Crippen molar-refractivity contribution < 1.29 is 44.7 Å². The van der Waals surface area contributed by atoms with Gasteiger partial charge in [-0.15, -0.1) is 13.2 Å². The summed E-state index contributed by atoms with van der Waals surface area (Å²) in [5.74, 6) is -9.30. The fourth-order valence-corrected chi connectivity index (χ4v) is 1.11. The van der Waals surface area contributed by atoms with Gasteiger partial charge in [0.25, 0.3) is 0 Å². The minimum absolute atomic E-state index is 0.442. The van der Waals surface area contributed by atoms with Gasteiger partial charge in [-0.05, 0) is 12.1 Å². The van der Waals surface area contributed by atoms with Crippen molar-refractivity contribution in [2.75, 3.05) is 5.32 Å². The molecule has 3 nitrogen and oxygen atoms in total. The molecule has 0 spiro atoms. The van der Waals surface area contributed by atoms with E-state index in [1.165, 1.54) is 0 Å². The molecule has 0 aliphatic rings. The third-order valence-electron chi connectivity index (χ3n) is 1.97. The second kappa shape index (κ2) is 5.37. The number of alkyl halides is 8. The monoisotopic (exact) mass is 323 g/mol. The number of hydrogen-bond acceptors (Lipinski definition) is 2. The largest absolute Gasteiger partial charge is 0.573 e. The van der Waals surface area contributed by atoms with Crippen molar-refractivity contribution in [3.8, 4) is 5.75 Å². The SMILES string of the molecule is O=C(Nc1cccc(OC(F)(F)F)c1)C(F)(F)C(F)(F)F. The Bertz CT molecular complexity index is 523. The smallest absolute Gasteiger partial charge is 0.406 e. The average molecular weight is 323 g/mol. The number of ether oxygens (including phenoxy) is 1. The Kier molecular flexibility index (Phi) is 4.34. The van der Waals surface area contributed by atoms with Crippen LogP contribution in [0.15, 0.2) is 24.3 Å². The Morgan fingerprint density at radius 1 is 1.00 bits per heavy atom. The number of carbonyl (C=O) groups excluding carboxylic acids is 1. The van der Waals surface area contributed by atoms with Crippen LogP contribution in [0.3, 0.4) is 0 Å². The number of amides is 1. The first-order chi connectivity index (χ1) is 9.33. The first-order valence-electron chi connectivity index (χ1n) is 4.95. The van der Waals surface area contributed by atoms with Gasteiger partial charge in [0.05, 0.1) is 0 Å². The highest BCUT2D eigenvalue weighted by molar-refractivity contribution is 5.96. The number of hydrogen-bond donors (Lipinski definition) is 1. The number of anilines is 1. The molecule has 1 aromatic rings. The summed E-state index contributed by atoms with van der Waals surface area (Å²) in [6.07, 6.45) is -11.2. The Morgan fingerprint density at radius 3 is 2.05 bits per heavy atom. The van der Waals surface area contributed by atoms with Gasteiger partial charge in [0.2, 0.25) is 0 Å². The highest BCUT2D eigenvalue weighted by atomic mass is 19.4. The third-order valence-corrected chi connectivity index (χ3v) is 1.97. The quantitative estimate of drug-likeness (QED) is 0.861. The first kappa shape index (κ1) is 17.0. The molecule has 0 saturated carbocycles. The van der Waals surface area contributed by atoms with E-state index in [4.69, 9.17) is 0 Å². The summed E-state index contributed by atoms with van der Waals surface area (Å²) in [4.78, 5) is 10.8. The fraction of sp³-hybridized carbons (Fsp3) is 0.300. The topological polar surface area (TPSA) is 38.3 Å². The van der Waals surface area contributed by atoms with Crippen molar-refractivity contribution in [3.05, 3.63) is 24.3 Å².